The first-order valence-electron chi connectivity index (χ1n) is 4.53. The van der Waals surface area contributed by atoms with Crippen molar-refractivity contribution in [1.29, 1.82) is 0 Å². The fraction of sp³-hybridized carbons (Fsp3) is 0.455. The van der Waals surface area contributed by atoms with Crippen molar-refractivity contribution in [3.05, 3.63) is 35.6 Å². The molecule has 0 radical (unpaired) electrons. The summed E-state index contributed by atoms with van der Waals surface area (Å²) >= 11 is 0. The second kappa shape index (κ2) is 4.38. The second-order valence-corrected chi connectivity index (χ2v) is 3.70. The van der Waals surface area contributed by atoms with Crippen LogP contribution >= 0.6 is 0 Å². The predicted molar refractivity (Wildman–Crippen MR) is 50.8 cm³/mol. The average molecular weight is 182 g/mol. The highest BCUT2D eigenvalue weighted by molar-refractivity contribution is 5.18. The molecule has 1 aromatic carbocycles. The minimum absolute atomic E-state index is 0.263. The van der Waals surface area contributed by atoms with Crippen molar-refractivity contribution in [1.82, 2.24) is 0 Å². The van der Waals surface area contributed by atoms with Gasteiger partial charge in [0.15, 0.2) is 0 Å². The van der Waals surface area contributed by atoms with E-state index in [1.54, 1.807) is 12.1 Å². The van der Waals surface area contributed by atoms with Crippen molar-refractivity contribution >= 4 is 0 Å². The van der Waals surface area contributed by atoms with Crippen molar-refractivity contribution in [3.63, 3.8) is 0 Å². The Morgan fingerprint density at radius 1 is 1.23 bits per heavy atom. The number of hydrogen-bond donors (Lipinski definition) is 1. The second-order valence-electron chi connectivity index (χ2n) is 3.70. The lowest BCUT2D eigenvalue weighted by atomic mass is 10.00. The van der Waals surface area contributed by atoms with Crippen LogP contribution in [0.4, 0.5) is 4.39 Å². The molecule has 0 bridgehead atoms. The summed E-state index contributed by atoms with van der Waals surface area (Å²) in [5.41, 5.74) is 0.787. The first kappa shape index (κ1) is 10.2. The molecule has 0 amide bonds. The highest BCUT2D eigenvalue weighted by Crippen LogP contribution is 2.20. The molecule has 1 unspecified atom stereocenters. The average Bonchev–Trinajstić information content (AvgIpc) is 2.04. The van der Waals surface area contributed by atoms with Gasteiger partial charge in [-0.05, 0) is 30.0 Å². The van der Waals surface area contributed by atoms with Crippen LogP contribution in [-0.4, -0.2) is 5.11 Å². The number of halogens is 1. The van der Waals surface area contributed by atoms with Crippen LogP contribution in [0.3, 0.4) is 0 Å². The van der Waals surface area contributed by atoms with E-state index in [-0.39, 0.29) is 5.82 Å². The van der Waals surface area contributed by atoms with Crippen LogP contribution in [0.15, 0.2) is 24.3 Å². The Morgan fingerprint density at radius 2 is 1.77 bits per heavy atom. The molecule has 0 spiro atoms. The Labute approximate surface area is 78.2 Å². The van der Waals surface area contributed by atoms with Crippen molar-refractivity contribution in [2.75, 3.05) is 0 Å². The van der Waals surface area contributed by atoms with Gasteiger partial charge in [-0.3, -0.25) is 0 Å². The van der Waals surface area contributed by atoms with Gasteiger partial charge in [0.2, 0.25) is 0 Å². The highest BCUT2D eigenvalue weighted by atomic mass is 19.1. The van der Waals surface area contributed by atoms with Gasteiger partial charge in [-0.1, -0.05) is 26.0 Å². The van der Waals surface area contributed by atoms with Crippen molar-refractivity contribution in [3.8, 4) is 0 Å². The summed E-state index contributed by atoms with van der Waals surface area (Å²) in [5, 5.41) is 9.66. The van der Waals surface area contributed by atoms with E-state index in [0.717, 1.165) is 5.56 Å². The first-order valence-corrected chi connectivity index (χ1v) is 4.53. The molecule has 1 aromatic rings. The monoisotopic (exact) mass is 182 g/mol. The molecule has 13 heavy (non-hydrogen) atoms. The standard InChI is InChI=1S/C11H15FO/c1-8(2)7-11(13)9-3-5-10(12)6-4-9/h3-6,8,11,13H,7H2,1-2H3. The summed E-state index contributed by atoms with van der Waals surface area (Å²) in [5.74, 6) is 0.181. The summed E-state index contributed by atoms with van der Waals surface area (Å²) in [6, 6.07) is 6.00. The van der Waals surface area contributed by atoms with Crippen molar-refractivity contribution in [2.45, 2.75) is 26.4 Å². The van der Waals surface area contributed by atoms with Gasteiger partial charge in [0.05, 0.1) is 6.10 Å². The van der Waals surface area contributed by atoms with Gasteiger partial charge in [0, 0.05) is 0 Å². The normalized spacial score (nSPS) is 13.3. The van der Waals surface area contributed by atoms with E-state index < -0.39 is 6.10 Å². The maximum atomic E-state index is 12.5. The van der Waals surface area contributed by atoms with Gasteiger partial charge in [0.1, 0.15) is 5.82 Å². The third kappa shape index (κ3) is 3.15. The fourth-order valence-electron chi connectivity index (χ4n) is 1.27. The van der Waals surface area contributed by atoms with Crippen LogP contribution in [0.25, 0.3) is 0 Å². The van der Waals surface area contributed by atoms with Gasteiger partial charge >= 0.3 is 0 Å². The van der Waals surface area contributed by atoms with Crippen LogP contribution in [0.5, 0.6) is 0 Å². The lowest BCUT2D eigenvalue weighted by Gasteiger charge is -2.12. The Kier molecular flexibility index (Phi) is 3.43. The number of aliphatic hydroxyl groups excluding tert-OH is 1. The fourth-order valence-corrected chi connectivity index (χ4v) is 1.27. The first-order chi connectivity index (χ1) is 6.09. The van der Waals surface area contributed by atoms with Gasteiger partial charge < -0.3 is 5.11 Å². The quantitative estimate of drug-likeness (QED) is 0.762. The van der Waals surface area contributed by atoms with E-state index >= 15 is 0 Å². The van der Waals surface area contributed by atoms with E-state index in [9.17, 15) is 9.50 Å². The third-order valence-corrected chi connectivity index (χ3v) is 1.95. The molecule has 0 aliphatic carbocycles. The van der Waals surface area contributed by atoms with Crippen LogP contribution in [0.1, 0.15) is 31.9 Å². The molecule has 0 aromatic heterocycles. The Morgan fingerprint density at radius 3 is 2.23 bits per heavy atom. The smallest absolute Gasteiger partial charge is 0.123 e. The minimum Gasteiger partial charge on any atom is -0.388 e. The summed E-state index contributed by atoms with van der Waals surface area (Å²) < 4.78 is 12.5. The molecule has 0 saturated heterocycles. The molecular weight excluding hydrogens is 167 g/mol. The number of benzene rings is 1. The maximum Gasteiger partial charge on any atom is 0.123 e. The molecule has 2 heteroatoms. The molecule has 0 heterocycles. The van der Waals surface area contributed by atoms with Gasteiger partial charge in [-0.15, -0.1) is 0 Å². The number of aliphatic hydroxyl groups is 1. The molecule has 0 aliphatic heterocycles. The molecular formula is C11H15FO. The Bertz CT molecular complexity index is 253. The van der Waals surface area contributed by atoms with E-state index in [0.29, 0.717) is 12.3 Å². The summed E-state index contributed by atoms with van der Waals surface area (Å²) in [7, 11) is 0. The molecule has 0 saturated carbocycles. The molecule has 1 N–H and O–H groups in total. The molecule has 0 aliphatic rings. The van der Waals surface area contributed by atoms with Crippen LogP contribution in [-0.2, 0) is 0 Å². The summed E-state index contributed by atoms with van der Waals surface area (Å²) in [6.07, 6.45) is 0.242. The van der Waals surface area contributed by atoms with Crippen LogP contribution in [0.2, 0.25) is 0 Å². The molecule has 1 nitrogen and oxygen atoms in total. The summed E-state index contributed by atoms with van der Waals surface area (Å²) in [6.45, 7) is 4.10. The van der Waals surface area contributed by atoms with E-state index in [1.807, 2.05) is 13.8 Å². The third-order valence-electron chi connectivity index (χ3n) is 1.95. The van der Waals surface area contributed by atoms with Crippen molar-refractivity contribution in [2.24, 2.45) is 5.92 Å². The zero-order chi connectivity index (χ0) is 9.84. The minimum atomic E-state index is -0.472. The molecule has 1 rings (SSSR count). The Balaban J connectivity index is 2.66. The van der Waals surface area contributed by atoms with Crippen molar-refractivity contribution < 1.29 is 9.50 Å². The Hall–Kier alpha value is -0.890. The van der Waals surface area contributed by atoms with Gasteiger partial charge in [-0.2, -0.15) is 0 Å². The predicted octanol–water partition coefficient (Wildman–Crippen LogP) is 2.91. The van der Waals surface area contributed by atoms with E-state index in [1.165, 1.54) is 12.1 Å². The topological polar surface area (TPSA) is 20.2 Å². The molecule has 72 valence electrons. The van der Waals surface area contributed by atoms with Crippen LogP contribution < -0.4 is 0 Å². The molecule has 0 fully saturated rings. The molecule has 1 atom stereocenters. The van der Waals surface area contributed by atoms with E-state index in [2.05, 4.69) is 0 Å². The zero-order valence-electron chi connectivity index (χ0n) is 8.00. The number of rotatable bonds is 3. The lowest BCUT2D eigenvalue weighted by Crippen LogP contribution is -2.01. The lowest BCUT2D eigenvalue weighted by molar-refractivity contribution is 0.151. The van der Waals surface area contributed by atoms with Gasteiger partial charge in [0.25, 0.3) is 0 Å². The highest BCUT2D eigenvalue weighted by Gasteiger charge is 2.08. The SMILES string of the molecule is CC(C)CC(O)c1ccc(F)cc1. The maximum absolute atomic E-state index is 12.5. The summed E-state index contributed by atoms with van der Waals surface area (Å²) in [4.78, 5) is 0. The van der Waals surface area contributed by atoms with E-state index in [4.69, 9.17) is 0 Å². The van der Waals surface area contributed by atoms with Crippen LogP contribution in [0, 0.1) is 11.7 Å². The number of hydrogen-bond acceptors (Lipinski definition) is 1. The zero-order valence-corrected chi connectivity index (χ0v) is 8.00. The largest absolute Gasteiger partial charge is 0.388 e. The van der Waals surface area contributed by atoms with Gasteiger partial charge in [-0.25, -0.2) is 4.39 Å².